The Hall–Kier alpha value is -2.19. The van der Waals surface area contributed by atoms with Crippen LogP contribution < -0.4 is 5.32 Å². The maximum Gasteiger partial charge on any atom is 0.407 e. The molecule has 1 aliphatic rings. The summed E-state index contributed by atoms with van der Waals surface area (Å²) in [6.07, 6.45) is 0.606. The average molecular weight is 324 g/mol. The van der Waals surface area contributed by atoms with Gasteiger partial charge >= 0.3 is 6.09 Å². The van der Waals surface area contributed by atoms with Crippen LogP contribution in [0.2, 0.25) is 5.15 Å². The average Bonchev–Trinajstić information content (AvgIpc) is 2.94. The molecule has 0 radical (unpaired) electrons. The van der Waals surface area contributed by atoms with Gasteiger partial charge in [0.15, 0.2) is 11.0 Å². The summed E-state index contributed by atoms with van der Waals surface area (Å²) in [6, 6.07) is 3.32. The number of nitrogens with zero attached hydrogens (tertiary/aromatic N) is 4. The number of likely N-dealkylation sites (tertiary alicyclic amines) is 1. The van der Waals surface area contributed by atoms with Crippen molar-refractivity contribution in [1.82, 2.24) is 20.1 Å². The van der Waals surface area contributed by atoms with Crippen LogP contribution in [0.1, 0.15) is 0 Å². The van der Waals surface area contributed by atoms with Crippen LogP contribution in [0.25, 0.3) is 10.9 Å². The molecule has 0 saturated carbocycles. The summed E-state index contributed by atoms with van der Waals surface area (Å²) in [7, 11) is 0. The molecular formula is C13H14ClN5O3. The number of aromatic nitrogens is 3. The minimum absolute atomic E-state index is 0.112. The summed E-state index contributed by atoms with van der Waals surface area (Å²) in [5.41, 5.74) is 0.523. The van der Waals surface area contributed by atoms with Crippen LogP contribution in [0.4, 0.5) is 10.6 Å². The fraction of sp³-hybridized carbons (Fsp3) is 0.385. The van der Waals surface area contributed by atoms with E-state index in [1.807, 2.05) is 6.07 Å². The molecule has 0 spiro atoms. The van der Waals surface area contributed by atoms with E-state index >= 15 is 0 Å². The molecule has 3 rings (SSSR count). The normalized spacial score (nSPS) is 21.3. The van der Waals surface area contributed by atoms with E-state index in [4.69, 9.17) is 16.7 Å². The van der Waals surface area contributed by atoms with Crippen LogP contribution >= 0.6 is 11.6 Å². The number of rotatable bonds is 3. The van der Waals surface area contributed by atoms with E-state index in [0.717, 1.165) is 0 Å². The zero-order valence-electron chi connectivity index (χ0n) is 11.5. The number of nitrogens with one attached hydrogen (secondary N) is 1. The lowest BCUT2D eigenvalue weighted by atomic mass is 10.1. The molecule has 3 heterocycles. The number of aliphatic hydroxyl groups is 1. The minimum atomic E-state index is -1.00. The number of anilines is 1. The van der Waals surface area contributed by atoms with Crippen molar-refractivity contribution >= 4 is 34.4 Å². The van der Waals surface area contributed by atoms with Crippen molar-refractivity contribution in [3.8, 4) is 0 Å². The molecule has 8 nitrogen and oxygen atoms in total. The highest BCUT2D eigenvalue weighted by molar-refractivity contribution is 6.33. The van der Waals surface area contributed by atoms with Gasteiger partial charge in [-0.25, -0.2) is 4.79 Å². The molecular weight excluding hydrogens is 310 g/mol. The van der Waals surface area contributed by atoms with E-state index in [1.54, 1.807) is 12.3 Å². The fourth-order valence-electron chi connectivity index (χ4n) is 2.61. The Morgan fingerprint density at radius 1 is 1.45 bits per heavy atom. The first-order valence-corrected chi connectivity index (χ1v) is 7.10. The van der Waals surface area contributed by atoms with Gasteiger partial charge < -0.3 is 20.4 Å². The Morgan fingerprint density at radius 3 is 3.00 bits per heavy atom. The molecule has 0 aliphatic carbocycles. The number of hydrogen-bond acceptors (Lipinski definition) is 6. The molecule has 2 atom stereocenters. The van der Waals surface area contributed by atoms with Crippen LogP contribution in [0.3, 0.4) is 0 Å². The second-order valence-electron chi connectivity index (χ2n) is 5.12. The maximum absolute atomic E-state index is 11.1. The molecule has 1 saturated heterocycles. The van der Waals surface area contributed by atoms with E-state index in [2.05, 4.69) is 20.5 Å². The second kappa shape index (κ2) is 5.90. The highest BCUT2D eigenvalue weighted by Gasteiger charge is 2.35. The third-order valence-electron chi connectivity index (χ3n) is 3.76. The van der Waals surface area contributed by atoms with Crippen molar-refractivity contribution in [1.29, 1.82) is 0 Å². The SMILES string of the molecule is O=C(O)N1C[C@@H](CO)[C@H](Nc2nnc(Cl)c3ncccc23)C1. The van der Waals surface area contributed by atoms with Crippen molar-refractivity contribution in [2.75, 3.05) is 25.0 Å². The van der Waals surface area contributed by atoms with E-state index < -0.39 is 6.09 Å². The Balaban J connectivity index is 1.90. The third-order valence-corrected chi connectivity index (χ3v) is 4.02. The van der Waals surface area contributed by atoms with Crippen molar-refractivity contribution in [2.45, 2.75) is 6.04 Å². The zero-order valence-corrected chi connectivity index (χ0v) is 12.2. The molecule has 1 aliphatic heterocycles. The van der Waals surface area contributed by atoms with Crippen LogP contribution in [0.15, 0.2) is 18.3 Å². The summed E-state index contributed by atoms with van der Waals surface area (Å²) < 4.78 is 0. The third kappa shape index (κ3) is 2.62. The summed E-state index contributed by atoms with van der Waals surface area (Å²) in [4.78, 5) is 16.5. The van der Waals surface area contributed by atoms with Gasteiger partial charge in [0.25, 0.3) is 0 Å². The topological polar surface area (TPSA) is 111 Å². The van der Waals surface area contributed by atoms with Gasteiger partial charge in [-0.15, -0.1) is 10.2 Å². The smallest absolute Gasteiger partial charge is 0.407 e. The molecule has 0 aromatic carbocycles. The van der Waals surface area contributed by atoms with E-state index in [9.17, 15) is 9.90 Å². The molecule has 116 valence electrons. The number of fused-ring (bicyclic) bond motifs is 1. The van der Waals surface area contributed by atoms with Crippen LogP contribution in [-0.2, 0) is 0 Å². The van der Waals surface area contributed by atoms with Gasteiger partial charge in [0.1, 0.15) is 5.52 Å². The van der Waals surface area contributed by atoms with E-state index in [0.29, 0.717) is 16.7 Å². The van der Waals surface area contributed by atoms with Gasteiger partial charge in [0.2, 0.25) is 0 Å². The van der Waals surface area contributed by atoms with Gasteiger partial charge in [-0.1, -0.05) is 11.6 Å². The molecule has 2 aromatic rings. The Kier molecular flexibility index (Phi) is 3.95. The van der Waals surface area contributed by atoms with Gasteiger partial charge in [0, 0.05) is 37.2 Å². The van der Waals surface area contributed by atoms with Crippen molar-refractivity contribution < 1.29 is 15.0 Å². The second-order valence-corrected chi connectivity index (χ2v) is 5.48. The Labute approximate surface area is 130 Å². The minimum Gasteiger partial charge on any atom is -0.465 e. The number of carbonyl (C=O) groups is 1. The standard InChI is InChI=1S/C13H14ClN5O3/c14-11-10-8(2-1-3-15-10)12(18-17-11)16-9-5-19(13(21)22)4-7(9)6-20/h1-3,7,9,20H,4-6H2,(H,16,18)(H,21,22)/t7-,9+/m0/s1. The van der Waals surface area contributed by atoms with Gasteiger partial charge in [-0.3, -0.25) is 4.98 Å². The number of amides is 1. The molecule has 0 unspecified atom stereocenters. The van der Waals surface area contributed by atoms with Crippen molar-refractivity contribution in [2.24, 2.45) is 5.92 Å². The van der Waals surface area contributed by atoms with E-state index in [-0.39, 0.29) is 36.8 Å². The number of halogens is 1. The number of pyridine rings is 1. The first kappa shape index (κ1) is 14.7. The lowest BCUT2D eigenvalue weighted by molar-refractivity contribution is 0.150. The summed E-state index contributed by atoms with van der Waals surface area (Å²) in [5.74, 6) is 0.267. The lowest BCUT2D eigenvalue weighted by Gasteiger charge is -2.18. The van der Waals surface area contributed by atoms with Gasteiger partial charge in [-0.2, -0.15) is 0 Å². The number of aliphatic hydroxyl groups excluding tert-OH is 1. The van der Waals surface area contributed by atoms with Crippen LogP contribution in [0, 0.1) is 5.92 Å². The first-order valence-electron chi connectivity index (χ1n) is 6.72. The molecule has 1 fully saturated rings. The largest absolute Gasteiger partial charge is 0.465 e. The number of carboxylic acid groups (broad SMARTS) is 1. The van der Waals surface area contributed by atoms with E-state index in [1.165, 1.54) is 4.90 Å². The molecule has 1 amide bonds. The van der Waals surface area contributed by atoms with Crippen molar-refractivity contribution in [3.63, 3.8) is 0 Å². The fourth-order valence-corrected chi connectivity index (χ4v) is 2.80. The quantitative estimate of drug-likeness (QED) is 0.774. The molecule has 2 aromatic heterocycles. The molecule has 9 heteroatoms. The van der Waals surface area contributed by atoms with Gasteiger partial charge in [-0.05, 0) is 12.1 Å². The zero-order chi connectivity index (χ0) is 15.7. The van der Waals surface area contributed by atoms with Crippen LogP contribution in [-0.4, -0.2) is 62.1 Å². The molecule has 22 heavy (non-hydrogen) atoms. The monoisotopic (exact) mass is 323 g/mol. The maximum atomic E-state index is 11.1. The predicted octanol–water partition coefficient (Wildman–Crippen LogP) is 1.06. The molecule has 3 N–H and O–H groups in total. The Morgan fingerprint density at radius 2 is 2.27 bits per heavy atom. The number of hydrogen-bond donors (Lipinski definition) is 3. The summed E-state index contributed by atoms with van der Waals surface area (Å²) in [6.45, 7) is 0.436. The van der Waals surface area contributed by atoms with Gasteiger partial charge in [0.05, 0.1) is 6.04 Å². The Bertz CT molecular complexity index is 713. The molecule has 0 bridgehead atoms. The van der Waals surface area contributed by atoms with Crippen molar-refractivity contribution in [3.05, 3.63) is 23.5 Å². The predicted molar refractivity (Wildman–Crippen MR) is 79.9 cm³/mol. The summed E-state index contributed by atoms with van der Waals surface area (Å²) >= 11 is 5.98. The van der Waals surface area contributed by atoms with Crippen LogP contribution in [0.5, 0.6) is 0 Å². The lowest BCUT2D eigenvalue weighted by Crippen LogP contribution is -2.32. The summed E-state index contributed by atoms with van der Waals surface area (Å²) in [5, 5.41) is 30.5. The highest BCUT2D eigenvalue weighted by Crippen LogP contribution is 2.27. The highest BCUT2D eigenvalue weighted by atomic mass is 35.5. The first-order chi connectivity index (χ1) is 10.6.